The second-order valence-electron chi connectivity index (χ2n) is 7.44. The summed E-state index contributed by atoms with van der Waals surface area (Å²) in [6.07, 6.45) is 6.71. The molecule has 1 unspecified atom stereocenters. The summed E-state index contributed by atoms with van der Waals surface area (Å²) >= 11 is 0. The molecule has 1 saturated heterocycles. The quantitative estimate of drug-likeness (QED) is 0.726. The lowest BCUT2D eigenvalue weighted by atomic mass is 9.96. The van der Waals surface area contributed by atoms with Gasteiger partial charge in [-0.05, 0) is 55.5 Å². The van der Waals surface area contributed by atoms with Crippen LogP contribution in [0.3, 0.4) is 0 Å². The maximum atomic E-state index is 11.2. The van der Waals surface area contributed by atoms with Crippen LogP contribution in [-0.2, 0) is 16.7 Å². The van der Waals surface area contributed by atoms with Crippen molar-refractivity contribution >= 4 is 27.1 Å². The number of rotatable bonds is 5. The van der Waals surface area contributed by atoms with Gasteiger partial charge in [0.2, 0.25) is 10.3 Å². The van der Waals surface area contributed by atoms with Gasteiger partial charge in [-0.25, -0.2) is 0 Å². The highest BCUT2D eigenvalue weighted by molar-refractivity contribution is 7.75. The molecule has 1 fully saturated rings. The Kier molecular flexibility index (Phi) is 5.55. The molecule has 2 aromatic carbocycles. The second kappa shape index (κ2) is 8.25. The molecule has 2 aliphatic rings. The van der Waals surface area contributed by atoms with Crippen LogP contribution in [0.1, 0.15) is 30.9 Å². The van der Waals surface area contributed by atoms with Gasteiger partial charge in [0.05, 0.1) is 11.9 Å². The van der Waals surface area contributed by atoms with E-state index in [2.05, 4.69) is 47.1 Å². The Bertz CT molecular complexity index is 1060. The van der Waals surface area contributed by atoms with Crippen LogP contribution in [0, 0.1) is 0 Å². The summed E-state index contributed by atoms with van der Waals surface area (Å²) in [6, 6.07) is 17.4. The van der Waals surface area contributed by atoms with E-state index in [9.17, 15) is 8.42 Å². The van der Waals surface area contributed by atoms with Gasteiger partial charge >= 0.3 is 0 Å². The molecule has 0 aliphatic carbocycles. The lowest BCUT2D eigenvalue weighted by molar-refractivity contribution is 0.272. The topological polar surface area (TPSA) is 49.7 Å². The lowest BCUT2D eigenvalue weighted by Crippen LogP contribution is -2.28. The zero-order chi connectivity index (χ0) is 19.5. The van der Waals surface area contributed by atoms with Crippen LogP contribution in [0.4, 0.5) is 0 Å². The van der Waals surface area contributed by atoms with Gasteiger partial charge in [-0.3, -0.25) is 4.99 Å². The van der Waals surface area contributed by atoms with E-state index in [4.69, 9.17) is 0 Å². The van der Waals surface area contributed by atoms with Crippen LogP contribution in [-0.4, -0.2) is 43.5 Å². The number of aliphatic imine (C=N–C) groups is 1. The van der Waals surface area contributed by atoms with Crippen LogP contribution in [0.5, 0.6) is 0 Å². The minimum Gasteiger partial charge on any atom is -0.300 e. The van der Waals surface area contributed by atoms with E-state index in [-0.39, 0.29) is 4.86 Å². The molecule has 28 heavy (non-hydrogen) atoms. The van der Waals surface area contributed by atoms with E-state index in [1.54, 1.807) is 6.08 Å². The molecule has 144 valence electrons. The summed E-state index contributed by atoms with van der Waals surface area (Å²) in [5.41, 5.74) is 5.14. The molecule has 0 aromatic heterocycles. The highest BCUT2D eigenvalue weighted by atomic mass is 32.2. The zero-order valence-electron chi connectivity index (χ0n) is 16.0. The Balaban J connectivity index is 1.55. The monoisotopic (exact) mass is 392 g/mol. The third kappa shape index (κ3) is 4.01. The van der Waals surface area contributed by atoms with Gasteiger partial charge in [-0.15, -0.1) is 0 Å². The average molecular weight is 393 g/mol. The first-order valence-electron chi connectivity index (χ1n) is 9.76. The van der Waals surface area contributed by atoms with E-state index < -0.39 is 10.3 Å². The predicted octanol–water partition coefficient (Wildman–Crippen LogP) is 3.86. The van der Waals surface area contributed by atoms with Gasteiger partial charge in [0.1, 0.15) is 4.86 Å². The maximum absolute atomic E-state index is 11.2. The standard InChI is InChI=1S/C23H24N2O2S/c1-17-5-4-13-25(17)14-12-18-8-10-19(11-9-18)21-6-2-3-7-22(21)23-15-20(16-24-23)28(26)27/h2-3,6-11,15-17H,4-5,12-14H2,1H3. The molecular formula is C23H24N2O2S. The van der Waals surface area contributed by atoms with Crippen LogP contribution in [0.2, 0.25) is 0 Å². The summed E-state index contributed by atoms with van der Waals surface area (Å²) in [5, 5.41) is 0. The second-order valence-corrected chi connectivity index (χ2v) is 8.39. The molecule has 1 atom stereocenters. The third-order valence-corrected chi connectivity index (χ3v) is 6.26. The SMILES string of the molecule is CC1CCCN1CCc1ccc(-c2ccccc2C2=CC(=S(=O)=O)C=N2)cc1. The number of hydrogen-bond donors (Lipinski definition) is 0. The summed E-state index contributed by atoms with van der Waals surface area (Å²) in [5.74, 6) is 0. The van der Waals surface area contributed by atoms with Gasteiger partial charge < -0.3 is 4.90 Å². The van der Waals surface area contributed by atoms with E-state index in [1.165, 1.54) is 31.2 Å². The Morgan fingerprint density at radius 1 is 1.07 bits per heavy atom. The molecule has 0 spiro atoms. The summed E-state index contributed by atoms with van der Waals surface area (Å²) in [4.78, 5) is 7.08. The predicted molar refractivity (Wildman–Crippen MR) is 116 cm³/mol. The molecule has 5 heteroatoms. The van der Waals surface area contributed by atoms with Crippen molar-refractivity contribution in [3.63, 3.8) is 0 Å². The summed E-state index contributed by atoms with van der Waals surface area (Å²) < 4.78 is 22.3. The number of nitrogens with zero attached hydrogens (tertiary/aromatic N) is 2. The van der Waals surface area contributed by atoms with Crippen molar-refractivity contribution in [2.24, 2.45) is 4.99 Å². The molecule has 0 bridgehead atoms. The van der Waals surface area contributed by atoms with Crippen molar-refractivity contribution < 1.29 is 8.42 Å². The fraction of sp³-hybridized carbons (Fsp3) is 0.304. The first kappa shape index (κ1) is 18.8. The van der Waals surface area contributed by atoms with Crippen molar-refractivity contribution in [3.05, 3.63) is 65.7 Å². The number of hydrogen-bond acceptors (Lipinski definition) is 4. The van der Waals surface area contributed by atoms with Gasteiger partial charge in [0.15, 0.2) is 0 Å². The van der Waals surface area contributed by atoms with Gasteiger partial charge in [0.25, 0.3) is 0 Å². The summed E-state index contributed by atoms with van der Waals surface area (Å²) in [7, 11) is -2.26. The van der Waals surface area contributed by atoms with E-state index in [0.29, 0.717) is 11.7 Å². The molecule has 0 saturated carbocycles. The van der Waals surface area contributed by atoms with Crippen molar-refractivity contribution in [3.8, 4) is 11.1 Å². The molecule has 0 amide bonds. The molecular weight excluding hydrogens is 368 g/mol. The number of likely N-dealkylation sites (tertiary alicyclic amines) is 1. The van der Waals surface area contributed by atoms with Crippen LogP contribution in [0.25, 0.3) is 16.8 Å². The third-order valence-electron chi connectivity index (χ3n) is 5.65. The summed E-state index contributed by atoms with van der Waals surface area (Å²) in [6.45, 7) is 4.65. The molecule has 2 aromatic rings. The molecule has 0 N–H and O–H groups in total. The Morgan fingerprint density at radius 3 is 2.46 bits per heavy atom. The van der Waals surface area contributed by atoms with Crippen molar-refractivity contribution in [1.29, 1.82) is 0 Å². The largest absolute Gasteiger partial charge is 0.300 e. The molecule has 4 rings (SSSR count). The lowest BCUT2D eigenvalue weighted by Gasteiger charge is -2.20. The van der Waals surface area contributed by atoms with E-state index >= 15 is 0 Å². The van der Waals surface area contributed by atoms with Crippen molar-refractivity contribution in [2.75, 3.05) is 13.1 Å². The Morgan fingerprint density at radius 2 is 1.82 bits per heavy atom. The Hall–Kier alpha value is -2.50. The smallest absolute Gasteiger partial charge is 0.223 e. The number of benzene rings is 2. The highest BCUT2D eigenvalue weighted by Crippen LogP contribution is 2.31. The normalized spacial score (nSPS) is 19.2. The zero-order valence-corrected chi connectivity index (χ0v) is 16.8. The molecule has 2 heterocycles. The fourth-order valence-corrected chi connectivity index (χ4v) is 4.33. The van der Waals surface area contributed by atoms with Crippen LogP contribution < -0.4 is 0 Å². The van der Waals surface area contributed by atoms with Gasteiger partial charge in [-0.1, -0.05) is 48.5 Å². The fourth-order valence-electron chi connectivity index (χ4n) is 3.99. The van der Waals surface area contributed by atoms with Gasteiger partial charge in [0, 0.05) is 18.2 Å². The first-order valence-corrected chi connectivity index (χ1v) is 10.8. The van der Waals surface area contributed by atoms with E-state index in [1.807, 2.05) is 18.2 Å². The molecule has 2 aliphatic heterocycles. The van der Waals surface area contributed by atoms with Crippen LogP contribution in [0.15, 0.2) is 59.6 Å². The van der Waals surface area contributed by atoms with Gasteiger partial charge in [-0.2, -0.15) is 8.42 Å². The van der Waals surface area contributed by atoms with Crippen LogP contribution >= 0.6 is 0 Å². The highest BCUT2D eigenvalue weighted by Gasteiger charge is 2.19. The average Bonchev–Trinajstić information content (AvgIpc) is 3.36. The molecule has 4 nitrogen and oxygen atoms in total. The maximum Gasteiger partial charge on any atom is 0.223 e. The molecule has 0 radical (unpaired) electrons. The minimum atomic E-state index is -2.26. The van der Waals surface area contributed by atoms with Crippen molar-refractivity contribution in [2.45, 2.75) is 32.2 Å². The Labute approximate surface area is 167 Å². The van der Waals surface area contributed by atoms with Crippen molar-refractivity contribution in [1.82, 2.24) is 4.90 Å². The minimum absolute atomic E-state index is 0.219. The first-order chi connectivity index (χ1) is 13.6. The van der Waals surface area contributed by atoms with E-state index in [0.717, 1.165) is 29.7 Å². The number of allylic oxidation sites excluding steroid dienone is 1.